The maximum Gasteiger partial charge on any atom is 0.341 e. The van der Waals surface area contributed by atoms with Gasteiger partial charge >= 0.3 is 11.9 Å². The van der Waals surface area contributed by atoms with Gasteiger partial charge in [-0.3, -0.25) is 9.59 Å². The highest BCUT2D eigenvalue weighted by atomic mass is 35.5. The molecule has 0 bridgehead atoms. The Hall–Kier alpha value is -3.32. The van der Waals surface area contributed by atoms with Crippen molar-refractivity contribution in [2.24, 2.45) is 5.92 Å². The highest BCUT2D eigenvalue weighted by Crippen LogP contribution is 2.29. The van der Waals surface area contributed by atoms with Gasteiger partial charge in [0.1, 0.15) is 17.1 Å². The largest absolute Gasteiger partial charge is 0.480 e. The number of amides is 1. The van der Waals surface area contributed by atoms with E-state index in [1.54, 1.807) is 31.2 Å². The Labute approximate surface area is 166 Å². The van der Waals surface area contributed by atoms with Gasteiger partial charge in [-0.1, -0.05) is 23.8 Å². The molecule has 2 aromatic carbocycles. The Morgan fingerprint density at radius 3 is 2.39 bits per heavy atom. The molecule has 0 saturated carbocycles. The second-order valence-electron chi connectivity index (χ2n) is 5.59. The number of anilines is 1. The Balaban J connectivity index is 2.30. The first-order valence-electron chi connectivity index (χ1n) is 8.18. The first-order valence-corrected chi connectivity index (χ1v) is 8.55. The molecule has 146 valence electrons. The number of methoxy groups -OCH3 is 1. The summed E-state index contributed by atoms with van der Waals surface area (Å²) in [6.45, 7) is 1.61. The monoisotopic (exact) mass is 403 g/mol. The molecule has 0 aliphatic carbocycles. The molecular weight excluding hydrogens is 386 g/mol. The molecule has 1 unspecified atom stereocenters. The molecule has 0 aliphatic rings. The van der Waals surface area contributed by atoms with Crippen LogP contribution < -0.4 is 10.1 Å². The number of carboxylic acid groups (broad SMARTS) is 1. The number of aliphatic carboxylic acids is 1. The van der Waals surface area contributed by atoms with E-state index in [0.29, 0.717) is 10.8 Å². The molecule has 0 fully saturated rings. The minimum absolute atomic E-state index is 0.0631. The van der Waals surface area contributed by atoms with Crippen molar-refractivity contribution in [1.29, 1.82) is 0 Å². The molecule has 0 aliphatic heterocycles. The van der Waals surface area contributed by atoms with Gasteiger partial charge in [0.2, 0.25) is 5.91 Å². The number of allylic oxidation sites excluding steroid dienone is 1. The van der Waals surface area contributed by atoms with E-state index in [1.165, 1.54) is 37.5 Å². The minimum Gasteiger partial charge on any atom is -0.480 e. The summed E-state index contributed by atoms with van der Waals surface area (Å²) in [7, 11) is 1.21. The molecular formula is C20H18ClNO6. The maximum atomic E-state index is 12.2. The first-order chi connectivity index (χ1) is 13.3. The van der Waals surface area contributed by atoms with Crippen LogP contribution in [0, 0.1) is 5.92 Å². The van der Waals surface area contributed by atoms with E-state index in [9.17, 15) is 14.4 Å². The van der Waals surface area contributed by atoms with Gasteiger partial charge in [-0.15, -0.1) is 0 Å². The summed E-state index contributed by atoms with van der Waals surface area (Å²) < 4.78 is 10.5. The minimum atomic E-state index is -1.35. The van der Waals surface area contributed by atoms with Crippen molar-refractivity contribution in [3.63, 3.8) is 0 Å². The van der Waals surface area contributed by atoms with Crippen molar-refractivity contribution >= 4 is 35.1 Å². The predicted octanol–water partition coefficient (Wildman–Crippen LogP) is 4.13. The second-order valence-corrected chi connectivity index (χ2v) is 6.03. The van der Waals surface area contributed by atoms with Gasteiger partial charge in [0, 0.05) is 10.7 Å². The van der Waals surface area contributed by atoms with Crippen LogP contribution in [0.1, 0.15) is 17.3 Å². The lowest BCUT2D eigenvalue weighted by atomic mass is 10.1. The van der Waals surface area contributed by atoms with Crippen LogP contribution in [0.5, 0.6) is 11.5 Å². The number of esters is 1. The van der Waals surface area contributed by atoms with Gasteiger partial charge in [-0.05, 0) is 49.4 Å². The van der Waals surface area contributed by atoms with Crippen LogP contribution >= 0.6 is 11.6 Å². The molecule has 8 heteroatoms. The SMILES string of the molecule is C/C=C\C(C(=O)O)C(=O)Nc1ccc(Oc2ccc(Cl)cc2)c(C(=O)OC)c1. The zero-order valence-electron chi connectivity index (χ0n) is 15.1. The molecule has 1 atom stereocenters. The van der Waals surface area contributed by atoms with Gasteiger partial charge < -0.3 is 19.9 Å². The number of carbonyl (C=O) groups excluding carboxylic acids is 2. The van der Waals surface area contributed by atoms with Gasteiger partial charge in [-0.25, -0.2) is 4.79 Å². The number of hydrogen-bond acceptors (Lipinski definition) is 5. The fraction of sp³-hybridized carbons (Fsp3) is 0.150. The van der Waals surface area contributed by atoms with Crippen LogP contribution in [0.15, 0.2) is 54.6 Å². The highest BCUT2D eigenvalue weighted by molar-refractivity contribution is 6.30. The average molecular weight is 404 g/mol. The zero-order valence-corrected chi connectivity index (χ0v) is 15.9. The lowest BCUT2D eigenvalue weighted by Gasteiger charge is -2.13. The summed E-state index contributed by atoms with van der Waals surface area (Å²) in [4.78, 5) is 35.5. The second kappa shape index (κ2) is 9.57. The number of halogens is 1. The summed E-state index contributed by atoms with van der Waals surface area (Å²) in [5.41, 5.74) is 0.290. The van der Waals surface area contributed by atoms with Crippen molar-refractivity contribution in [1.82, 2.24) is 0 Å². The lowest BCUT2D eigenvalue weighted by molar-refractivity contribution is -0.143. The van der Waals surface area contributed by atoms with Gasteiger partial charge in [0.15, 0.2) is 5.92 Å². The van der Waals surface area contributed by atoms with Gasteiger partial charge in [-0.2, -0.15) is 0 Å². The molecule has 0 radical (unpaired) electrons. The molecule has 0 aromatic heterocycles. The van der Waals surface area contributed by atoms with Gasteiger partial charge in [0.05, 0.1) is 7.11 Å². The molecule has 0 spiro atoms. The first kappa shape index (κ1) is 21.0. The maximum absolute atomic E-state index is 12.2. The van der Waals surface area contributed by atoms with Crippen LogP contribution in [0.25, 0.3) is 0 Å². The number of hydrogen-bond donors (Lipinski definition) is 2. The standard InChI is InChI=1S/C20H18ClNO6/c1-3-4-15(19(24)25)18(23)22-13-7-10-17(16(11-13)20(26)27-2)28-14-8-5-12(21)6-9-14/h3-11,15H,1-2H3,(H,22,23)(H,24,25)/b4-3-. The third-order valence-electron chi connectivity index (χ3n) is 3.63. The third-order valence-corrected chi connectivity index (χ3v) is 3.88. The lowest BCUT2D eigenvalue weighted by Crippen LogP contribution is -2.28. The molecule has 28 heavy (non-hydrogen) atoms. The van der Waals surface area contributed by atoms with Crippen molar-refractivity contribution in [3.8, 4) is 11.5 Å². The number of carbonyl (C=O) groups is 3. The molecule has 0 saturated heterocycles. The number of carboxylic acids is 1. The summed E-state index contributed by atoms with van der Waals surface area (Å²) >= 11 is 5.84. The van der Waals surface area contributed by atoms with E-state index in [2.05, 4.69) is 5.32 Å². The van der Waals surface area contributed by atoms with Crippen molar-refractivity contribution in [3.05, 3.63) is 65.2 Å². The van der Waals surface area contributed by atoms with Crippen LogP contribution in [-0.2, 0) is 14.3 Å². The van der Waals surface area contributed by atoms with Crippen LogP contribution in [0.2, 0.25) is 5.02 Å². The number of benzene rings is 2. The van der Waals surface area contributed by atoms with Crippen molar-refractivity contribution in [2.75, 3.05) is 12.4 Å². The number of ether oxygens (including phenoxy) is 2. The van der Waals surface area contributed by atoms with E-state index in [0.717, 1.165) is 0 Å². The molecule has 0 heterocycles. The fourth-order valence-electron chi connectivity index (χ4n) is 2.29. The normalized spacial score (nSPS) is 11.7. The van der Waals surface area contributed by atoms with Crippen molar-refractivity contribution in [2.45, 2.75) is 6.92 Å². The Bertz CT molecular complexity index is 907. The van der Waals surface area contributed by atoms with E-state index in [-0.39, 0.29) is 17.0 Å². The predicted molar refractivity (Wildman–Crippen MR) is 104 cm³/mol. The average Bonchev–Trinajstić information content (AvgIpc) is 2.67. The van der Waals surface area contributed by atoms with Crippen LogP contribution in [-0.4, -0.2) is 30.1 Å². The van der Waals surface area contributed by atoms with E-state index in [4.69, 9.17) is 26.2 Å². The summed E-state index contributed by atoms with van der Waals surface area (Å²) in [6.07, 6.45) is 2.73. The van der Waals surface area contributed by atoms with E-state index < -0.39 is 23.8 Å². The van der Waals surface area contributed by atoms with Crippen LogP contribution in [0.3, 0.4) is 0 Å². The molecule has 2 aromatic rings. The molecule has 2 rings (SSSR count). The van der Waals surface area contributed by atoms with E-state index in [1.807, 2.05) is 0 Å². The van der Waals surface area contributed by atoms with Gasteiger partial charge in [0.25, 0.3) is 0 Å². The van der Waals surface area contributed by atoms with Crippen LogP contribution in [0.4, 0.5) is 5.69 Å². The number of rotatable bonds is 7. The molecule has 2 N–H and O–H groups in total. The van der Waals surface area contributed by atoms with Crippen molar-refractivity contribution < 1.29 is 29.0 Å². The summed E-state index contributed by atoms with van der Waals surface area (Å²) in [5, 5.41) is 12.2. The summed E-state index contributed by atoms with van der Waals surface area (Å²) in [5.74, 6) is -3.40. The third kappa shape index (κ3) is 5.34. The highest BCUT2D eigenvalue weighted by Gasteiger charge is 2.24. The topological polar surface area (TPSA) is 102 Å². The Morgan fingerprint density at radius 1 is 1.14 bits per heavy atom. The quantitative estimate of drug-likeness (QED) is 0.409. The Morgan fingerprint density at radius 2 is 1.82 bits per heavy atom. The molecule has 7 nitrogen and oxygen atoms in total. The summed E-state index contributed by atoms with van der Waals surface area (Å²) in [6, 6.07) is 10.9. The van der Waals surface area contributed by atoms with E-state index >= 15 is 0 Å². The Kier molecular flexibility index (Phi) is 7.17. The molecule has 1 amide bonds. The fourth-order valence-corrected chi connectivity index (χ4v) is 2.42. The zero-order chi connectivity index (χ0) is 20.7. The smallest absolute Gasteiger partial charge is 0.341 e. The number of nitrogens with one attached hydrogen (secondary N) is 1.